The van der Waals surface area contributed by atoms with Crippen LogP contribution < -0.4 is 0 Å². The predicted octanol–water partition coefficient (Wildman–Crippen LogP) is 6.01. The smallest absolute Gasteiger partial charge is 0.145 e. The molecule has 0 N–H and O–H groups in total. The van der Waals surface area contributed by atoms with Crippen LogP contribution in [0.2, 0.25) is 10.0 Å². The van der Waals surface area contributed by atoms with Gasteiger partial charge < -0.3 is 9.26 Å². The van der Waals surface area contributed by atoms with Gasteiger partial charge in [-0.2, -0.15) is 0 Å². The molecular weight excluding hydrogens is 357 g/mol. The van der Waals surface area contributed by atoms with Gasteiger partial charge in [-0.15, -0.1) is 0 Å². The molecule has 25 heavy (non-hydrogen) atoms. The summed E-state index contributed by atoms with van der Waals surface area (Å²) in [4.78, 5) is 0. The van der Waals surface area contributed by atoms with Gasteiger partial charge in [0.15, 0.2) is 0 Å². The van der Waals surface area contributed by atoms with Crippen LogP contribution in [0.4, 0.5) is 0 Å². The SMILES string of the molecule is Clc1cccc(Cl)c1-c1noc(C2CC2)c1CO[C@H]1C[C@H]2C=C[C@@H]1C2. The molecule has 0 radical (unpaired) electrons. The first kappa shape index (κ1) is 15.9. The summed E-state index contributed by atoms with van der Waals surface area (Å²) < 4.78 is 12.0. The van der Waals surface area contributed by atoms with Crippen molar-refractivity contribution in [2.75, 3.05) is 0 Å². The van der Waals surface area contributed by atoms with Gasteiger partial charge in [-0.3, -0.25) is 0 Å². The third-order valence-electron chi connectivity index (χ3n) is 5.63. The van der Waals surface area contributed by atoms with Crippen LogP contribution in [0.25, 0.3) is 11.3 Å². The Kier molecular flexibility index (Phi) is 3.92. The number of halogens is 2. The van der Waals surface area contributed by atoms with Crippen LogP contribution in [0, 0.1) is 11.8 Å². The Bertz CT molecular complexity index is 820. The zero-order valence-electron chi connectivity index (χ0n) is 13.8. The van der Waals surface area contributed by atoms with Gasteiger partial charge in [0.25, 0.3) is 0 Å². The highest BCUT2D eigenvalue weighted by molar-refractivity contribution is 6.39. The molecule has 0 spiro atoms. The third kappa shape index (κ3) is 2.83. The molecule has 3 aliphatic carbocycles. The van der Waals surface area contributed by atoms with E-state index in [4.69, 9.17) is 32.5 Å². The van der Waals surface area contributed by atoms with Gasteiger partial charge in [0, 0.05) is 23.0 Å². The topological polar surface area (TPSA) is 35.3 Å². The van der Waals surface area contributed by atoms with Gasteiger partial charge in [0.05, 0.1) is 22.8 Å². The third-order valence-corrected chi connectivity index (χ3v) is 6.26. The summed E-state index contributed by atoms with van der Waals surface area (Å²) in [6, 6.07) is 5.51. The van der Waals surface area contributed by atoms with Crippen molar-refractivity contribution in [1.29, 1.82) is 0 Å². The first-order chi connectivity index (χ1) is 12.2. The molecule has 1 aromatic heterocycles. The largest absolute Gasteiger partial charge is 0.373 e. The van der Waals surface area contributed by atoms with E-state index in [0.29, 0.717) is 40.5 Å². The fourth-order valence-electron chi connectivity index (χ4n) is 4.16. The monoisotopic (exact) mass is 375 g/mol. The van der Waals surface area contributed by atoms with Crippen molar-refractivity contribution in [3.8, 4) is 11.3 Å². The number of hydrogen-bond acceptors (Lipinski definition) is 3. The van der Waals surface area contributed by atoms with Gasteiger partial charge in [-0.1, -0.05) is 46.6 Å². The fraction of sp³-hybridized carbons (Fsp3) is 0.450. The molecular formula is C20H19Cl2NO2. The van der Waals surface area contributed by atoms with Gasteiger partial charge >= 0.3 is 0 Å². The molecule has 3 atom stereocenters. The summed E-state index contributed by atoms with van der Waals surface area (Å²) >= 11 is 12.8. The molecule has 0 unspecified atom stereocenters. The average Bonchev–Trinajstić information content (AvgIpc) is 3.03. The molecule has 2 bridgehead atoms. The van der Waals surface area contributed by atoms with E-state index in [9.17, 15) is 0 Å². The van der Waals surface area contributed by atoms with Crippen molar-refractivity contribution in [3.05, 3.63) is 51.7 Å². The van der Waals surface area contributed by atoms with Crippen molar-refractivity contribution in [2.45, 2.75) is 44.3 Å². The van der Waals surface area contributed by atoms with Crippen molar-refractivity contribution >= 4 is 23.2 Å². The highest BCUT2D eigenvalue weighted by Gasteiger charge is 2.38. The molecule has 2 saturated carbocycles. The minimum atomic E-state index is 0.298. The van der Waals surface area contributed by atoms with E-state index in [-0.39, 0.29) is 0 Å². The number of fused-ring (bicyclic) bond motifs is 2. The quantitative estimate of drug-likeness (QED) is 0.600. The van der Waals surface area contributed by atoms with E-state index in [1.54, 1.807) is 0 Å². The second-order valence-corrected chi connectivity index (χ2v) is 8.19. The molecule has 3 nitrogen and oxygen atoms in total. The normalized spacial score (nSPS) is 27.4. The number of benzene rings is 1. The lowest BCUT2D eigenvalue weighted by atomic mass is 10.0. The Labute approximate surface area is 156 Å². The molecule has 0 amide bonds. The molecule has 3 aliphatic rings. The maximum Gasteiger partial charge on any atom is 0.145 e. The Morgan fingerprint density at radius 3 is 2.56 bits per heavy atom. The average molecular weight is 376 g/mol. The van der Waals surface area contributed by atoms with Crippen LogP contribution in [0.1, 0.15) is 42.9 Å². The van der Waals surface area contributed by atoms with Crippen LogP contribution in [-0.2, 0) is 11.3 Å². The maximum atomic E-state index is 6.40. The molecule has 5 rings (SSSR count). The van der Waals surface area contributed by atoms with Crippen molar-refractivity contribution in [3.63, 3.8) is 0 Å². The van der Waals surface area contributed by atoms with E-state index in [1.807, 2.05) is 18.2 Å². The minimum absolute atomic E-state index is 0.298. The first-order valence-electron chi connectivity index (χ1n) is 8.93. The lowest BCUT2D eigenvalue weighted by Gasteiger charge is -2.19. The second kappa shape index (κ2) is 6.15. The van der Waals surface area contributed by atoms with E-state index in [2.05, 4.69) is 17.3 Å². The summed E-state index contributed by atoms with van der Waals surface area (Å²) in [5, 5.41) is 5.50. The number of allylic oxidation sites excluding steroid dienone is 1. The standard InChI is InChI=1S/C20H19Cl2NO2/c21-15-2-1-3-16(22)18(15)19-14(20(25-23-19)12-6-7-12)10-24-17-9-11-4-5-13(17)8-11/h1-5,11-13,17H,6-10H2/t11-,13+,17-/m0/s1. The molecule has 130 valence electrons. The number of nitrogens with zero attached hydrogens (tertiary/aromatic N) is 1. The molecule has 5 heteroatoms. The highest BCUT2D eigenvalue weighted by Crippen LogP contribution is 2.47. The van der Waals surface area contributed by atoms with Gasteiger partial charge in [-0.05, 0) is 43.7 Å². The van der Waals surface area contributed by atoms with Gasteiger partial charge in [0.2, 0.25) is 0 Å². The molecule has 0 saturated heterocycles. The first-order valence-corrected chi connectivity index (χ1v) is 9.69. The van der Waals surface area contributed by atoms with E-state index < -0.39 is 0 Å². The summed E-state index contributed by atoms with van der Waals surface area (Å²) in [6.45, 7) is 0.508. The predicted molar refractivity (Wildman–Crippen MR) is 97.9 cm³/mol. The molecule has 1 heterocycles. The lowest BCUT2D eigenvalue weighted by Crippen LogP contribution is -2.18. The zero-order valence-corrected chi connectivity index (χ0v) is 15.3. The molecule has 1 aromatic carbocycles. The fourth-order valence-corrected chi connectivity index (χ4v) is 4.74. The molecule has 2 fully saturated rings. The Morgan fingerprint density at radius 1 is 1.12 bits per heavy atom. The summed E-state index contributed by atoms with van der Waals surface area (Å²) in [5.41, 5.74) is 2.49. The van der Waals surface area contributed by atoms with Gasteiger partial charge in [-0.25, -0.2) is 0 Å². The Morgan fingerprint density at radius 2 is 1.92 bits per heavy atom. The maximum absolute atomic E-state index is 6.40. The van der Waals surface area contributed by atoms with E-state index >= 15 is 0 Å². The molecule has 0 aliphatic heterocycles. The second-order valence-electron chi connectivity index (χ2n) is 7.37. The minimum Gasteiger partial charge on any atom is -0.373 e. The van der Waals surface area contributed by atoms with Crippen molar-refractivity contribution in [2.24, 2.45) is 11.8 Å². The van der Waals surface area contributed by atoms with Crippen molar-refractivity contribution < 1.29 is 9.26 Å². The Hall–Kier alpha value is -1.29. The van der Waals surface area contributed by atoms with Crippen LogP contribution in [-0.4, -0.2) is 11.3 Å². The number of aromatic nitrogens is 1. The number of rotatable bonds is 5. The Balaban J connectivity index is 1.47. The zero-order chi connectivity index (χ0) is 17.0. The van der Waals surface area contributed by atoms with Gasteiger partial charge in [0.1, 0.15) is 11.5 Å². The number of hydrogen-bond donors (Lipinski definition) is 0. The highest BCUT2D eigenvalue weighted by atomic mass is 35.5. The van der Waals surface area contributed by atoms with E-state index in [0.717, 1.165) is 41.8 Å². The van der Waals surface area contributed by atoms with E-state index in [1.165, 1.54) is 6.42 Å². The summed E-state index contributed by atoms with van der Waals surface area (Å²) in [5.74, 6) is 2.66. The number of ether oxygens (including phenoxy) is 1. The van der Waals surface area contributed by atoms with Crippen LogP contribution in [0.3, 0.4) is 0 Å². The molecule has 2 aromatic rings. The van der Waals surface area contributed by atoms with Crippen LogP contribution in [0.15, 0.2) is 34.9 Å². The summed E-state index contributed by atoms with van der Waals surface area (Å²) in [7, 11) is 0. The van der Waals surface area contributed by atoms with Crippen molar-refractivity contribution in [1.82, 2.24) is 5.16 Å². The summed E-state index contributed by atoms with van der Waals surface area (Å²) in [6.07, 6.45) is 9.57. The van der Waals surface area contributed by atoms with Crippen LogP contribution in [0.5, 0.6) is 0 Å². The van der Waals surface area contributed by atoms with Crippen LogP contribution >= 0.6 is 23.2 Å². The lowest BCUT2D eigenvalue weighted by molar-refractivity contribution is 0.0240.